The Kier molecular flexibility index (Phi) is 6.91. The summed E-state index contributed by atoms with van der Waals surface area (Å²) in [5, 5.41) is 0. The molecule has 1 aliphatic carbocycles. The summed E-state index contributed by atoms with van der Waals surface area (Å²) < 4.78 is 5.64. The van der Waals surface area contributed by atoms with Gasteiger partial charge in [-0.05, 0) is 43.9 Å². The number of rotatable bonds is 6. The molecule has 0 aromatic carbocycles. The lowest BCUT2D eigenvalue weighted by atomic mass is 9.81. The largest absolute Gasteiger partial charge is 0.381 e. The maximum Gasteiger partial charge on any atom is 0.0469 e. The van der Waals surface area contributed by atoms with Crippen LogP contribution in [0.15, 0.2) is 0 Å². The Hall–Kier alpha value is 0.440. The second-order valence-electron chi connectivity index (χ2n) is 4.95. The first-order chi connectivity index (χ1) is 7.24. The van der Waals surface area contributed by atoms with Crippen molar-refractivity contribution in [3.8, 4) is 0 Å². The summed E-state index contributed by atoms with van der Waals surface area (Å²) >= 11 is 3.81. The molecule has 0 aromatic rings. The molecule has 3 atom stereocenters. The molecule has 0 radical (unpaired) electrons. The van der Waals surface area contributed by atoms with Gasteiger partial charge in [0.25, 0.3) is 0 Å². The number of halogens is 1. The van der Waals surface area contributed by atoms with E-state index in [1.807, 2.05) is 0 Å². The molecule has 1 rings (SSSR count). The molecule has 2 heteroatoms. The van der Waals surface area contributed by atoms with Gasteiger partial charge in [0.15, 0.2) is 0 Å². The SMILES string of the molecule is CCCCOCCC1CC(C)CCC1Br. The molecule has 3 unspecified atom stereocenters. The Morgan fingerprint density at radius 1 is 1.27 bits per heavy atom. The molecule has 1 saturated carbocycles. The highest BCUT2D eigenvalue weighted by atomic mass is 79.9. The standard InChI is InChI=1S/C13H25BrO/c1-3-4-8-15-9-7-12-10-11(2)5-6-13(12)14/h11-13H,3-10H2,1-2H3. The molecule has 1 aliphatic rings. The summed E-state index contributed by atoms with van der Waals surface area (Å²) in [4.78, 5) is 0.739. The van der Waals surface area contributed by atoms with Crippen molar-refractivity contribution in [2.24, 2.45) is 11.8 Å². The average molecular weight is 277 g/mol. The topological polar surface area (TPSA) is 9.23 Å². The van der Waals surface area contributed by atoms with E-state index in [0.29, 0.717) is 0 Å². The predicted molar refractivity (Wildman–Crippen MR) is 69.6 cm³/mol. The molecule has 0 spiro atoms. The van der Waals surface area contributed by atoms with Crippen molar-refractivity contribution < 1.29 is 4.74 Å². The van der Waals surface area contributed by atoms with Crippen molar-refractivity contribution in [3.63, 3.8) is 0 Å². The van der Waals surface area contributed by atoms with E-state index in [1.165, 1.54) is 38.5 Å². The lowest BCUT2D eigenvalue weighted by Crippen LogP contribution is -2.25. The number of ether oxygens (including phenoxy) is 1. The van der Waals surface area contributed by atoms with E-state index in [9.17, 15) is 0 Å². The van der Waals surface area contributed by atoms with Crippen LogP contribution in [-0.2, 0) is 4.74 Å². The summed E-state index contributed by atoms with van der Waals surface area (Å²) in [5.74, 6) is 1.76. The zero-order valence-corrected chi connectivity index (χ0v) is 11.8. The van der Waals surface area contributed by atoms with Crippen molar-refractivity contribution >= 4 is 15.9 Å². The third kappa shape index (κ3) is 5.35. The fourth-order valence-electron chi connectivity index (χ4n) is 2.34. The second kappa shape index (κ2) is 7.67. The van der Waals surface area contributed by atoms with E-state index in [2.05, 4.69) is 29.8 Å². The van der Waals surface area contributed by atoms with Gasteiger partial charge in [-0.25, -0.2) is 0 Å². The lowest BCUT2D eigenvalue weighted by molar-refractivity contribution is 0.109. The minimum Gasteiger partial charge on any atom is -0.381 e. The number of hydrogen-bond donors (Lipinski definition) is 0. The predicted octanol–water partition coefficient (Wildman–Crippen LogP) is 4.39. The Labute approximate surface area is 103 Å². The maximum atomic E-state index is 5.64. The third-order valence-electron chi connectivity index (χ3n) is 3.43. The van der Waals surface area contributed by atoms with Crippen LogP contribution in [0.25, 0.3) is 0 Å². The highest BCUT2D eigenvalue weighted by molar-refractivity contribution is 9.09. The van der Waals surface area contributed by atoms with Gasteiger partial charge < -0.3 is 4.74 Å². The molecule has 90 valence electrons. The van der Waals surface area contributed by atoms with Gasteiger partial charge in [0.05, 0.1) is 0 Å². The molecule has 15 heavy (non-hydrogen) atoms. The fourth-order valence-corrected chi connectivity index (χ4v) is 3.09. The smallest absolute Gasteiger partial charge is 0.0469 e. The Morgan fingerprint density at radius 2 is 2.07 bits per heavy atom. The van der Waals surface area contributed by atoms with E-state index in [-0.39, 0.29) is 0 Å². The van der Waals surface area contributed by atoms with Crippen LogP contribution >= 0.6 is 15.9 Å². The van der Waals surface area contributed by atoms with Crippen LogP contribution in [0.2, 0.25) is 0 Å². The molecule has 0 bridgehead atoms. The Bertz CT molecular complexity index is 161. The van der Waals surface area contributed by atoms with Crippen LogP contribution < -0.4 is 0 Å². The van der Waals surface area contributed by atoms with Crippen LogP contribution in [0.4, 0.5) is 0 Å². The average Bonchev–Trinajstić information content (AvgIpc) is 2.23. The van der Waals surface area contributed by atoms with E-state index < -0.39 is 0 Å². The van der Waals surface area contributed by atoms with Gasteiger partial charge in [-0.3, -0.25) is 0 Å². The van der Waals surface area contributed by atoms with E-state index in [4.69, 9.17) is 4.74 Å². The van der Waals surface area contributed by atoms with Crippen LogP contribution in [0.5, 0.6) is 0 Å². The summed E-state index contributed by atoms with van der Waals surface area (Å²) in [6.07, 6.45) is 7.81. The monoisotopic (exact) mass is 276 g/mol. The Balaban J connectivity index is 2.08. The first-order valence-electron chi connectivity index (χ1n) is 6.45. The van der Waals surface area contributed by atoms with Gasteiger partial charge in [-0.2, -0.15) is 0 Å². The fraction of sp³-hybridized carbons (Fsp3) is 1.00. The van der Waals surface area contributed by atoms with Gasteiger partial charge >= 0.3 is 0 Å². The third-order valence-corrected chi connectivity index (χ3v) is 4.63. The molecule has 0 heterocycles. The van der Waals surface area contributed by atoms with Crippen molar-refractivity contribution in [1.29, 1.82) is 0 Å². The van der Waals surface area contributed by atoms with Crippen molar-refractivity contribution in [3.05, 3.63) is 0 Å². The van der Waals surface area contributed by atoms with Gasteiger partial charge in [0.1, 0.15) is 0 Å². The first kappa shape index (κ1) is 13.5. The lowest BCUT2D eigenvalue weighted by Gasteiger charge is -2.31. The van der Waals surface area contributed by atoms with Crippen LogP contribution in [0.3, 0.4) is 0 Å². The minimum atomic E-state index is 0.739. The molecule has 0 N–H and O–H groups in total. The highest BCUT2D eigenvalue weighted by Gasteiger charge is 2.26. The summed E-state index contributed by atoms with van der Waals surface area (Å²) in [6, 6.07) is 0. The van der Waals surface area contributed by atoms with Crippen LogP contribution in [0.1, 0.15) is 52.4 Å². The number of unbranched alkanes of at least 4 members (excludes halogenated alkanes) is 1. The second-order valence-corrected chi connectivity index (χ2v) is 6.13. The Morgan fingerprint density at radius 3 is 2.80 bits per heavy atom. The molecule has 1 fully saturated rings. The molecule has 1 nitrogen and oxygen atoms in total. The summed E-state index contributed by atoms with van der Waals surface area (Å²) in [5.41, 5.74) is 0. The van der Waals surface area contributed by atoms with Crippen molar-refractivity contribution in [2.75, 3.05) is 13.2 Å². The van der Waals surface area contributed by atoms with Crippen molar-refractivity contribution in [1.82, 2.24) is 0 Å². The normalized spacial score (nSPS) is 31.8. The molecule has 0 aromatic heterocycles. The molecule has 0 amide bonds. The quantitative estimate of drug-likeness (QED) is 0.516. The highest BCUT2D eigenvalue weighted by Crippen LogP contribution is 2.35. The van der Waals surface area contributed by atoms with E-state index in [1.54, 1.807) is 0 Å². The first-order valence-corrected chi connectivity index (χ1v) is 7.37. The van der Waals surface area contributed by atoms with Crippen molar-refractivity contribution in [2.45, 2.75) is 57.2 Å². The van der Waals surface area contributed by atoms with Crippen LogP contribution in [-0.4, -0.2) is 18.0 Å². The maximum absolute atomic E-state index is 5.64. The summed E-state index contributed by atoms with van der Waals surface area (Å²) in [6.45, 7) is 6.50. The van der Waals surface area contributed by atoms with E-state index >= 15 is 0 Å². The zero-order chi connectivity index (χ0) is 11.1. The summed E-state index contributed by atoms with van der Waals surface area (Å²) in [7, 11) is 0. The van der Waals surface area contributed by atoms with E-state index in [0.717, 1.165) is 29.9 Å². The minimum absolute atomic E-state index is 0.739. The van der Waals surface area contributed by atoms with Gasteiger partial charge in [-0.1, -0.05) is 36.2 Å². The molecular weight excluding hydrogens is 252 g/mol. The number of alkyl halides is 1. The van der Waals surface area contributed by atoms with Gasteiger partial charge in [0.2, 0.25) is 0 Å². The number of hydrogen-bond acceptors (Lipinski definition) is 1. The zero-order valence-electron chi connectivity index (χ0n) is 10.2. The van der Waals surface area contributed by atoms with Gasteiger partial charge in [-0.15, -0.1) is 0 Å². The van der Waals surface area contributed by atoms with Crippen LogP contribution in [0, 0.1) is 11.8 Å². The molecular formula is C13H25BrO. The van der Waals surface area contributed by atoms with Gasteiger partial charge in [0, 0.05) is 18.0 Å². The molecule has 0 saturated heterocycles. The molecule has 0 aliphatic heterocycles.